The number of rotatable bonds is 5. The van der Waals surface area contributed by atoms with Gasteiger partial charge in [0.2, 0.25) is 5.91 Å². The zero-order chi connectivity index (χ0) is 15.2. The van der Waals surface area contributed by atoms with Gasteiger partial charge in [-0.25, -0.2) is 4.79 Å². The zero-order valence-electron chi connectivity index (χ0n) is 12.3. The number of aliphatic carboxylic acids is 1. The zero-order valence-corrected chi connectivity index (χ0v) is 12.3. The molecule has 2 N–H and O–H groups in total. The Bertz CT molecular complexity index is 557. The molecule has 0 saturated heterocycles. The van der Waals surface area contributed by atoms with Gasteiger partial charge in [0.25, 0.3) is 0 Å². The summed E-state index contributed by atoms with van der Waals surface area (Å²) in [6, 6.07) is 5.50. The fourth-order valence-electron chi connectivity index (χ4n) is 2.79. The molecule has 1 aliphatic carbocycles. The van der Waals surface area contributed by atoms with Crippen LogP contribution in [-0.2, 0) is 9.59 Å². The van der Waals surface area contributed by atoms with Gasteiger partial charge >= 0.3 is 5.97 Å². The van der Waals surface area contributed by atoms with E-state index in [1.807, 2.05) is 19.1 Å². The first kappa shape index (κ1) is 15.3. The Kier molecular flexibility index (Phi) is 5.14. The Labute approximate surface area is 124 Å². The highest BCUT2D eigenvalue weighted by molar-refractivity contribution is 5.91. The van der Waals surface area contributed by atoms with Crippen LogP contribution in [0.5, 0.6) is 0 Å². The summed E-state index contributed by atoms with van der Waals surface area (Å²) in [5.74, 6) is -0.373. The van der Waals surface area contributed by atoms with Crippen molar-refractivity contribution in [3.63, 3.8) is 0 Å². The summed E-state index contributed by atoms with van der Waals surface area (Å²) in [6.07, 6.45) is 8.06. The maximum absolute atomic E-state index is 12.0. The van der Waals surface area contributed by atoms with Gasteiger partial charge in [0, 0.05) is 18.2 Å². The number of carbonyl (C=O) groups excluding carboxylic acids is 1. The summed E-state index contributed by atoms with van der Waals surface area (Å²) in [5.41, 5.74) is 2.54. The highest BCUT2D eigenvalue weighted by Crippen LogP contribution is 2.28. The van der Waals surface area contributed by atoms with E-state index in [9.17, 15) is 9.59 Å². The quantitative estimate of drug-likeness (QED) is 0.813. The van der Waals surface area contributed by atoms with Gasteiger partial charge in [0.1, 0.15) is 0 Å². The van der Waals surface area contributed by atoms with Crippen LogP contribution < -0.4 is 5.32 Å². The number of aryl methyl sites for hydroxylation is 1. The molecule has 4 heteroatoms. The fraction of sp³-hybridized carbons (Fsp3) is 0.412. The molecule has 1 saturated carbocycles. The lowest BCUT2D eigenvalue weighted by atomic mass is 10.0. The van der Waals surface area contributed by atoms with Crippen molar-refractivity contribution >= 4 is 23.6 Å². The molecule has 21 heavy (non-hydrogen) atoms. The number of hydrogen-bond acceptors (Lipinski definition) is 2. The van der Waals surface area contributed by atoms with E-state index >= 15 is 0 Å². The second kappa shape index (κ2) is 7.07. The van der Waals surface area contributed by atoms with Gasteiger partial charge in [0.05, 0.1) is 0 Å². The molecular weight excluding hydrogens is 266 g/mol. The van der Waals surface area contributed by atoms with Crippen molar-refractivity contribution in [1.82, 2.24) is 0 Å². The summed E-state index contributed by atoms with van der Waals surface area (Å²) in [4.78, 5) is 22.5. The fourth-order valence-corrected chi connectivity index (χ4v) is 2.79. The van der Waals surface area contributed by atoms with Gasteiger partial charge in [-0.15, -0.1) is 0 Å². The minimum atomic E-state index is -0.969. The lowest BCUT2D eigenvalue weighted by molar-refractivity contribution is -0.131. The van der Waals surface area contributed by atoms with Gasteiger partial charge in [-0.3, -0.25) is 4.79 Å². The highest BCUT2D eigenvalue weighted by atomic mass is 16.4. The number of anilines is 1. The number of nitrogens with one attached hydrogen (secondary N) is 1. The third-order valence-electron chi connectivity index (χ3n) is 3.91. The van der Waals surface area contributed by atoms with Crippen LogP contribution in [0.1, 0.15) is 43.2 Å². The van der Waals surface area contributed by atoms with Gasteiger partial charge in [-0.1, -0.05) is 18.9 Å². The minimum Gasteiger partial charge on any atom is -0.478 e. The molecular formula is C17H21NO3. The van der Waals surface area contributed by atoms with Crippen molar-refractivity contribution in [2.45, 2.75) is 39.0 Å². The number of carboxylic acid groups (broad SMARTS) is 1. The molecule has 0 aliphatic heterocycles. The topological polar surface area (TPSA) is 66.4 Å². The van der Waals surface area contributed by atoms with Gasteiger partial charge in [0.15, 0.2) is 0 Å². The molecule has 0 spiro atoms. The van der Waals surface area contributed by atoms with Crippen molar-refractivity contribution in [2.75, 3.05) is 5.32 Å². The summed E-state index contributed by atoms with van der Waals surface area (Å²) in [6.45, 7) is 1.90. The second-order valence-electron chi connectivity index (χ2n) is 5.65. The number of amides is 1. The Morgan fingerprint density at radius 3 is 2.67 bits per heavy atom. The first-order chi connectivity index (χ1) is 10.0. The molecule has 1 aliphatic rings. The maximum atomic E-state index is 12.0. The van der Waals surface area contributed by atoms with E-state index in [1.165, 1.54) is 12.8 Å². The average molecular weight is 287 g/mol. The second-order valence-corrected chi connectivity index (χ2v) is 5.65. The number of benzene rings is 1. The van der Waals surface area contributed by atoms with Crippen molar-refractivity contribution in [1.29, 1.82) is 0 Å². The summed E-state index contributed by atoms with van der Waals surface area (Å²) < 4.78 is 0. The number of carbonyl (C=O) groups is 2. The molecule has 4 nitrogen and oxygen atoms in total. The van der Waals surface area contributed by atoms with Crippen molar-refractivity contribution < 1.29 is 14.7 Å². The van der Waals surface area contributed by atoms with Crippen molar-refractivity contribution in [2.24, 2.45) is 5.92 Å². The predicted octanol–water partition coefficient (Wildman–Crippen LogP) is 3.61. The summed E-state index contributed by atoms with van der Waals surface area (Å²) in [7, 11) is 0. The van der Waals surface area contributed by atoms with Crippen LogP contribution in [-0.4, -0.2) is 17.0 Å². The first-order valence-corrected chi connectivity index (χ1v) is 7.36. The van der Waals surface area contributed by atoms with E-state index in [0.717, 1.165) is 35.7 Å². The molecule has 2 rings (SSSR count). The normalized spacial score (nSPS) is 15.5. The van der Waals surface area contributed by atoms with E-state index in [1.54, 1.807) is 12.1 Å². The molecule has 112 valence electrons. The van der Waals surface area contributed by atoms with Gasteiger partial charge in [-0.2, -0.15) is 0 Å². The SMILES string of the molecule is Cc1cc(NC(=O)CC2CCCC2)ccc1C=CC(=O)O. The minimum absolute atomic E-state index is 0.0649. The van der Waals surface area contributed by atoms with E-state index in [4.69, 9.17) is 5.11 Å². The Morgan fingerprint density at radius 2 is 2.05 bits per heavy atom. The standard InChI is InChI=1S/C17H21NO3/c1-12-10-15(8-6-14(12)7-9-17(20)21)18-16(19)11-13-4-2-3-5-13/h6-10,13H,2-5,11H2,1H3,(H,18,19)(H,20,21). The van der Waals surface area contributed by atoms with Crippen LogP contribution in [0.2, 0.25) is 0 Å². The molecule has 1 aromatic carbocycles. The summed E-state index contributed by atoms with van der Waals surface area (Å²) >= 11 is 0. The lowest BCUT2D eigenvalue weighted by Gasteiger charge is -2.11. The van der Waals surface area contributed by atoms with E-state index in [2.05, 4.69) is 5.32 Å². The Hall–Kier alpha value is -2.10. The monoisotopic (exact) mass is 287 g/mol. The molecule has 0 unspecified atom stereocenters. The largest absolute Gasteiger partial charge is 0.478 e. The van der Waals surface area contributed by atoms with Crippen LogP contribution in [0, 0.1) is 12.8 Å². The molecule has 0 aromatic heterocycles. The highest BCUT2D eigenvalue weighted by Gasteiger charge is 2.18. The molecule has 0 bridgehead atoms. The van der Waals surface area contributed by atoms with Crippen LogP contribution in [0.15, 0.2) is 24.3 Å². The molecule has 1 fully saturated rings. The number of carboxylic acids is 1. The molecule has 0 radical (unpaired) electrons. The van der Waals surface area contributed by atoms with Crippen LogP contribution >= 0.6 is 0 Å². The average Bonchev–Trinajstić information content (AvgIpc) is 2.90. The van der Waals surface area contributed by atoms with Gasteiger partial charge < -0.3 is 10.4 Å². The van der Waals surface area contributed by atoms with E-state index in [-0.39, 0.29) is 5.91 Å². The summed E-state index contributed by atoms with van der Waals surface area (Å²) in [5, 5.41) is 11.6. The molecule has 1 amide bonds. The van der Waals surface area contributed by atoms with E-state index < -0.39 is 5.97 Å². The van der Waals surface area contributed by atoms with Crippen LogP contribution in [0.4, 0.5) is 5.69 Å². The third-order valence-corrected chi connectivity index (χ3v) is 3.91. The van der Waals surface area contributed by atoms with Crippen LogP contribution in [0.3, 0.4) is 0 Å². The first-order valence-electron chi connectivity index (χ1n) is 7.36. The van der Waals surface area contributed by atoms with E-state index in [0.29, 0.717) is 12.3 Å². The Morgan fingerprint density at radius 1 is 1.33 bits per heavy atom. The number of hydrogen-bond donors (Lipinski definition) is 2. The Balaban J connectivity index is 1.96. The van der Waals surface area contributed by atoms with Crippen molar-refractivity contribution in [3.8, 4) is 0 Å². The third kappa shape index (κ3) is 4.74. The maximum Gasteiger partial charge on any atom is 0.328 e. The molecule has 1 aromatic rings. The molecule has 0 atom stereocenters. The van der Waals surface area contributed by atoms with Crippen molar-refractivity contribution in [3.05, 3.63) is 35.4 Å². The smallest absolute Gasteiger partial charge is 0.328 e. The predicted molar refractivity (Wildman–Crippen MR) is 83.1 cm³/mol. The molecule has 0 heterocycles. The van der Waals surface area contributed by atoms with Crippen LogP contribution in [0.25, 0.3) is 6.08 Å². The lowest BCUT2D eigenvalue weighted by Crippen LogP contribution is -2.15. The van der Waals surface area contributed by atoms with Gasteiger partial charge in [-0.05, 0) is 55.0 Å².